The molecule has 9 heteroatoms. The van der Waals surface area contributed by atoms with Crippen LogP contribution in [-0.2, 0) is 10.0 Å². The molecule has 1 heterocycles. The lowest BCUT2D eigenvalue weighted by Gasteiger charge is -2.12. The van der Waals surface area contributed by atoms with Crippen molar-refractivity contribution in [3.63, 3.8) is 0 Å². The number of para-hydroxylation sites is 1. The first-order chi connectivity index (χ1) is 9.45. The van der Waals surface area contributed by atoms with Gasteiger partial charge in [-0.15, -0.1) is 0 Å². The van der Waals surface area contributed by atoms with Crippen molar-refractivity contribution in [1.29, 1.82) is 0 Å². The lowest BCUT2D eigenvalue weighted by Crippen LogP contribution is -2.19. The van der Waals surface area contributed by atoms with Gasteiger partial charge >= 0.3 is 0 Å². The average Bonchev–Trinajstić information content (AvgIpc) is 2.43. The predicted octanol–water partition coefficient (Wildman–Crippen LogP) is 2.07. The Kier molecular flexibility index (Phi) is 4.21. The summed E-state index contributed by atoms with van der Waals surface area (Å²) in [5.41, 5.74) is 2.00. The largest absolute Gasteiger partial charge is 0.307 e. The normalized spacial score (nSPS) is 11.2. The van der Waals surface area contributed by atoms with Gasteiger partial charge in [0.2, 0.25) is 0 Å². The monoisotopic (exact) mass is 360 g/mol. The number of nitrogens with one attached hydrogen (secondary N) is 2. The summed E-state index contributed by atoms with van der Waals surface area (Å²) in [7, 11) is -4.03. The van der Waals surface area contributed by atoms with E-state index in [1.807, 2.05) is 0 Å². The smallest absolute Gasteiger partial charge is 0.265 e. The molecule has 0 saturated carbocycles. The van der Waals surface area contributed by atoms with Gasteiger partial charge < -0.3 is 5.43 Å². The number of aromatic nitrogens is 1. The molecule has 2 aromatic rings. The summed E-state index contributed by atoms with van der Waals surface area (Å²) < 4.78 is 40.6. The van der Waals surface area contributed by atoms with E-state index in [9.17, 15) is 12.8 Å². The minimum absolute atomic E-state index is 0.0348. The van der Waals surface area contributed by atoms with E-state index in [1.165, 1.54) is 30.5 Å². The number of hydrogen-bond acceptors (Lipinski definition) is 5. The van der Waals surface area contributed by atoms with Crippen molar-refractivity contribution < 1.29 is 12.8 Å². The van der Waals surface area contributed by atoms with E-state index in [4.69, 9.17) is 5.84 Å². The van der Waals surface area contributed by atoms with Gasteiger partial charge in [0.1, 0.15) is 10.7 Å². The Balaban J connectivity index is 2.47. The standard InChI is InChI=1S/C11H10BrFN4O2S/c12-7-3-1-4-8(13)10(7)17-20(18,19)9-5-2-6-15-11(9)16-14/h1-6,17H,14H2,(H,15,16). The van der Waals surface area contributed by atoms with Gasteiger partial charge in [-0.25, -0.2) is 23.6 Å². The molecule has 0 spiro atoms. The number of nitrogens with zero attached hydrogens (tertiary/aromatic N) is 1. The second-order valence-electron chi connectivity index (χ2n) is 3.70. The van der Waals surface area contributed by atoms with Crippen LogP contribution in [0.1, 0.15) is 0 Å². The maximum Gasteiger partial charge on any atom is 0.265 e. The number of nitrogens with two attached hydrogens (primary N) is 1. The van der Waals surface area contributed by atoms with Gasteiger partial charge in [0, 0.05) is 10.7 Å². The van der Waals surface area contributed by atoms with Gasteiger partial charge in [0.05, 0.1) is 5.69 Å². The van der Waals surface area contributed by atoms with Gasteiger partial charge in [-0.05, 0) is 40.2 Å². The third-order valence-corrected chi connectivity index (χ3v) is 4.44. The molecule has 20 heavy (non-hydrogen) atoms. The second-order valence-corrected chi connectivity index (χ2v) is 6.20. The van der Waals surface area contributed by atoms with Crippen LogP contribution in [0.25, 0.3) is 0 Å². The van der Waals surface area contributed by atoms with E-state index in [0.29, 0.717) is 0 Å². The third kappa shape index (κ3) is 2.89. The average molecular weight is 361 g/mol. The van der Waals surface area contributed by atoms with E-state index >= 15 is 0 Å². The molecule has 1 aromatic carbocycles. The molecule has 1 aromatic heterocycles. The molecule has 2 rings (SSSR count). The van der Waals surface area contributed by atoms with Gasteiger partial charge in [-0.3, -0.25) is 4.72 Å². The summed E-state index contributed by atoms with van der Waals surface area (Å²) in [6.45, 7) is 0. The number of hydrazine groups is 1. The minimum atomic E-state index is -4.03. The van der Waals surface area contributed by atoms with Gasteiger partial charge in [0.15, 0.2) is 5.82 Å². The summed E-state index contributed by atoms with van der Waals surface area (Å²) >= 11 is 3.09. The number of hydrogen-bond donors (Lipinski definition) is 3. The molecule has 106 valence electrons. The minimum Gasteiger partial charge on any atom is -0.307 e. The Bertz CT molecular complexity index is 719. The molecule has 0 radical (unpaired) electrons. The zero-order valence-electron chi connectivity index (χ0n) is 9.97. The van der Waals surface area contributed by atoms with Crippen LogP contribution in [0.3, 0.4) is 0 Å². The van der Waals surface area contributed by atoms with Crippen LogP contribution in [-0.4, -0.2) is 13.4 Å². The van der Waals surface area contributed by atoms with Crippen LogP contribution in [0, 0.1) is 5.82 Å². The SMILES string of the molecule is NNc1ncccc1S(=O)(=O)Nc1c(F)cccc1Br. The molecule has 4 N–H and O–H groups in total. The summed E-state index contributed by atoms with van der Waals surface area (Å²) in [6, 6.07) is 6.86. The highest BCUT2D eigenvalue weighted by molar-refractivity contribution is 9.10. The first kappa shape index (κ1) is 14.7. The Morgan fingerprint density at radius 3 is 2.65 bits per heavy atom. The fourth-order valence-corrected chi connectivity index (χ4v) is 3.28. The van der Waals surface area contributed by atoms with Gasteiger partial charge in [0.25, 0.3) is 10.0 Å². The molecule has 0 unspecified atom stereocenters. The Morgan fingerprint density at radius 1 is 1.25 bits per heavy atom. The third-order valence-electron chi connectivity index (χ3n) is 2.40. The lowest BCUT2D eigenvalue weighted by molar-refractivity contribution is 0.598. The fraction of sp³-hybridized carbons (Fsp3) is 0. The van der Waals surface area contributed by atoms with Crippen LogP contribution < -0.4 is 16.0 Å². The Labute approximate surface area is 123 Å². The summed E-state index contributed by atoms with van der Waals surface area (Å²) in [4.78, 5) is 3.61. The van der Waals surface area contributed by atoms with Crippen LogP contribution in [0.15, 0.2) is 45.9 Å². The van der Waals surface area contributed by atoms with Crippen LogP contribution >= 0.6 is 15.9 Å². The predicted molar refractivity (Wildman–Crippen MR) is 77.0 cm³/mol. The van der Waals surface area contributed by atoms with E-state index in [-0.39, 0.29) is 20.9 Å². The quantitative estimate of drug-likeness (QED) is 0.572. The molecular weight excluding hydrogens is 351 g/mol. The molecule has 0 aliphatic heterocycles. The molecule has 0 aliphatic rings. The first-order valence-electron chi connectivity index (χ1n) is 5.34. The summed E-state index contributed by atoms with van der Waals surface area (Å²) in [6.07, 6.45) is 1.38. The molecule has 0 bridgehead atoms. The van der Waals surface area contributed by atoms with E-state index in [1.54, 1.807) is 0 Å². The molecule has 0 atom stereocenters. The van der Waals surface area contributed by atoms with Crippen LogP contribution in [0.4, 0.5) is 15.9 Å². The molecule has 0 saturated heterocycles. The number of halogens is 2. The number of sulfonamides is 1. The summed E-state index contributed by atoms with van der Waals surface area (Å²) in [5, 5.41) is 0. The van der Waals surface area contributed by atoms with Crippen molar-refractivity contribution >= 4 is 37.5 Å². The van der Waals surface area contributed by atoms with Crippen molar-refractivity contribution in [1.82, 2.24) is 4.98 Å². The highest BCUT2D eigenvalue weighted by atomic mass is 79.9. The van der Waals surface area contributed by atoms with Gasteiger partial charge in [-0.1, -0.05) is 6.07 Å². The molecule has 0 aliphatic carbocycles. The van der Waals surface area contributed by atoms with Crippen molar-refractivity contribution in [2.45, 2.75) is 4.90 Å². The number of rotatable bonds is 4. The number of benzene rings is 1. The highest BCUT2D eigenvalue weighted by Gasteiger charge is 2.21. The molecular formula is C11H10BrFN4O2S. The van der Waals surface area contributed by atoms with E-state index < -0.39 is 15.8 Å². The van der Waals surface area contributed by atoms with E-state index in [2.05, 4.69) is 31.1 Å². The van der Waals surface area contributed by atoms with Crippen molar-refractivity contribution in [3.05, 3.63) is 46.8 Å². The molecule has 0 fully saturated rings. The maximum absolute atomic E-state index is 13.7. The fourth-order valence-electron chi connectivity index (χ4n) is 1.50. The summed E-state index contributed by atoms with van der Waals surface area (Å²) in [5.74, 6) is 4.48. The number of pyridine rings is 1. The molecule has 6 nitrogen and oxygen atoms in total. The number of nitrogen functional groups attached to an aromatic ring is 1. The topological polar surface area (TPSA) is 97.1 Å². The maximum atomic E-state index is 13.7. The zero-order valence-corrected chi connectivity index (χ0v) is 12.4. The second kappa shape index (κ2) is 5.73. The van der Waals surface area contributed by atoms with Crippen molar-refractivity contribution in [2.24, 2.45) is 5.84 Å². The van der Waals surface area contributed by atoms with Crippen molar-refractivity contribution in [3.8, 4) is 0 Å². The van der Waals surface area contributed by atoms with E-state index in [0.717, 1.165) is 6.07 Å². The lowest BCUT2D eigenvalue weighted by atomic mass is 10.3. The van der Waals surface area contributed by atoms with Gasteiger partial charge in [-0.2, -0.15) is 0 Å². The highest BCUT2D eigenvalue weighted by Crippen LogP contribution is 2.28. The van der Waals surface area contributed by atoms with Crippen LogP contribution in [0.2, 0.25) is 0 Å². The Morgan fingerprint density at radius 2 is 2.00 bits per heavy atom. The van der Waals surface area contributed by atoms with Crippen molar-refractivity contribution in [2.75, 3.05) is 10.1 Å². The van der Waals surface area contributed by atoms with Crippen LogP contribution in [0.5, 0.6) is 0 Å². The number of anilines is 2. The first-order valence-corrected chi connectivity index (χ1v) is 7.62. The molecule has 0 amide bonds. The zero-order chi connectivity index (χ0) is 14.8. The Hall–Kier alpha value is -1.71.